The van der Waals surface area contributed by atoms with Crippen LogP contribution >= 0.6 is 0 Å². The normalized spacial score (nSPS) is 11.1. The lowest BCUT2D eigenvalue weighted by molar-refractivity contribution is -0.634. The van der Waals surface area contributed by atoms with Gasteiger partial charge in [-0.3, -0.25) is 0 Å². The predicted octanol–water partition coefficient (Wildman–Crippen LogP) is 5.69. The van der Waals surface area contributed by atoms with Crippen LogP contribution in [0.5, 0.6) is 5.75 Å². The number of aromatic hydroxyl groups is 1. The number of benzene rings is 3. The number of rotatable bonds is 6. The SMILES string of the molecule is C=CC[n+]1c2ccccc2c(-c2ccc(N(CC)CC)cc2O)c2ccccc21. The number of anilines is 1. The van der Waals surface area contributed by atoms with Crippen molar-refractivity contribution in [2.75, 3.05) is 18.0 Å². The first kappa shape index (κ1) is 19.0. The molecule has 3 nitrogen and oxygen atoms in total. The van der Waals surface area contributed by atoms with Crippen molar-refractivity contribution in [3.8, 4) is 16.9 Å². The average Bonchev–Trinajstić information content (AvgIpc) is 2.75. The highest BCUT2D eigenvalue weighted by molar-refractivity contribution is 6.08. The van der Waals surface area contributed by atoms with Crippen molar-refractivity contribution >= 4 is 27.5 Å². The van der Waals surface area contributed by atoms with E-state index in [4.69, 9.17) is 0 Å². The Kier molecular flexibility index (Phi) is 5.22. The van der Waals surface area contributed by atoms with Crippen molar-refractivity contribution in [3.05, 3.63) is 79.4 Å². The molecule has 0 unspecified atom stereocenters. The lowest BCUT2D eigenvalue weighted by atomic mass is 9.94. The monoisotopic (exact) mass is 383 g/mol. The summed E-state index contributed by atoms with van der Waals surface area (Å²) in [6.45, 7) is 10.8. The zero-order valence-electron chi connectivity index (χ0n) is 17.1. The van der Waals surface area contributed by atoms with E-state index in [0.29, 0.717) is 5.75 Å². The topological polar surface area (TPSA) is 27.4 Å². The van der Waals surface area contributed by atoms with Gasteiger partial charge in [0.1, 0.15) is 5.75 Å². The number of aromatic nitrogens is 1. The maximum absolute atomic E-state index is 11.0. The fraction of sp³-hybridized carbons (Fsp3) is 0.192. The minimum atomic E-state index is 0.311. The molecule has 1 heterocycles. The molecule has 0 aliphatic heterocycles. The van der Waals surface area contributed by atoms with Crippen LogP contribution in [0.15, 0.2) is 79.4 Å². The molecule has 0 amide bonds. The summed E-state index contributed by atoms with van der Waals surface area (Å²) in [5, 5.41) is 13.3. The van der Waals surface area contributed by atoms with Gasteiger partial charge in [0.25, 0.3) is 0 Å². The van der Waals surface area contributed by atoms with E-state index >= 15 is 0 Å². The molecule has 0 fully saturated rings. The number of allylic oxidation sites excluding steroid dienone is 1. The number of nitrogens with zero attached hydrogens (tertiary/aromatic N) is 2. The van der Waals surface area contributed by atoms with E-state index < -0.39 is 0 Å². The minimum Gasteiger partial charge on any atom is -0.507 e. The van der Waals surface area contributed by atoms with Crippen LogP contribution in [-0.4, -0.2) is 18.2 Å². The molecule has 0 aliphatic rings. The van der Waals surface area contributed by atoms with E-state index in [-0.39, 0.29) is 0 Å². The van der Waals surface area contributed by atoms with Crippen LogP contribution in [0.25, 0.3) is 32.9 Å². The number of hydrogen-bond donors (Lipinski definition) is 1. The van der Waals surface area contributed by atoms with Crippen LogP contribution in [0.2, 0.25) is 0 Å². The number of phenols is 1. The molecule has 1 aromatic heterocycles. The van der Waals surface area contributed by atoms with E-state index in [1.54, 1.807) is 0 Å². The molecule has 3 aromatic carbocycles. The van der Waals surface area contributed by atoms with Gasteiger partial charge in [-0.1, -0.05) is 30.8 Å². The highest BCUT2D eigenvalue weighted by atomic mass is 16.3. The summed E-state index contributed by atoms with van der Waals surface area (Å²) in [5.74, 6) is 0.311. The predicted molar refractivity (Wildman–Crippen MR) is 123 cm³/mol. The molecule has 0 atom stereocenters. The van der Waals surface area contributed by atoms with Gasteiger partial charge in [-0.2, -0.15) is 4.57 Å². The Morgan fingerprint density at radius 1 is 0.897 bits per heavy atom. The summed E-state index contributed by atoms with van der Waals surface area (Å²) in [6, 6.07) is 22.8. The minimum absolute atomic E-state index is 0.311. The molecule has 0 saturated carbocycles. The molecule has 0 radical (unpaired) electrons. The highest BCUT2D eigenvalue weighted by Crippen LogP contribution is 2.40. The van der Waals surface area contributed by atoms with Crippen molar-refractivity contribution in [2.24, 2.45) is 0 Å². The van der Waals surface area contributed by atoms with Gasteiger partial charge in [0.05, 0.1) is 10.8 Å². The molecule has 29 heavy (non-hydrogen) atoms. The fourth-order valence-electron chi connectivity index (χ4n) is 4.25. The van der Waals surface area contributed by atoms with E-state index in [1.165, 1.54) is 0 Å². The third kappa shape index (κ3) is 3.23. The first-order chi connectivity index (χ1) is 14.2. The Morgan fingerprint density at radius 2 is 1.48 bits per heavy atom. The molecule has 146 valence electrons. The van der Waals surface area contributed by atoms with Crippen LogP contribution in [0, 0.1) is 0 Å². The molecule has 3 heteroatoms. The molecule has 1 N–H and O–H groups in total. The second-order valence-electron chi connectivity index (χ2n) is 7.18. The van der Waals surface area contributed by atoms with Crippen molar-refractivity contribution in [2.45, 2.75) is 20.4 Å². The molecule has 4 rings (SSSR count). The van der Waals surface area contributed by atoms with Crippen molar-refractivity contribution < 1.29 is 9.67 Å². The van der Waals surface area contributed by atoms with Gasteiger partial charge in [0, 0.05) is 48.1 Å². The van der Waals surface area contributed by atoms with Crippen LogP contribution in [0.1, 0.15) is 13.8 Å². The van der Waals surface area contributed by atoms with Crippen molar-refractivity contribution in [3.63, 3.8) is 0 Å². The Hall–Kier alpha value is -3.33. The molecule has 4 aromatic rings. The number of para-hydroxylation sites is 2. The van der Waals surface area contributed by atoms with E-state index in [0.717, 1.165) is 58.3 Å². The standard InChI is InChI=1S/C26H26N2O/c1-4-17-28-23-13-9-7-11-20(23)26(21-12-8-10-14-24(21)28)22-16-15-19(18-25(22)29)27(5-2)6-3/h4,7-16,18H,1,5-6,17H2,2-3H3/p+1. The van der Waals surface area contributed by atoms with Gasteiger partial charge in [-0.15, -0.1) is 0 Å². The Morgan fingerprint density at radius 3 is 2.00 bits per heavy atom. The number of fused-ring (bicyclic) bond motifs is 2. The summed E-state index contributed by atoms with van der Waals surface area (Å²) in [7, 11) is 0. The zero-order valence-corrected chi connectivity index (χ0v) is 17.1. The van der Waals surface area contributed by atoms with Crippen molar-refractivity contribution in [1.82, 2.24) is 0 Å². The lowest BCUT2D eigenvalue weighted by Gasteiger charge is -2.22. The molecular weight excluding hydrogens is 356 g/mol. The summed E-state index contributed by atoms with van der Waals surface area (Å²) in [6.07, 6.45) is 1.93. The van der Waals surface area contributed by atoms with E-state index in [9.17, 15) is 5.11 Å². The Bertz CT molecular complexity index is 1140. The second kappa shape index (κ2) is 7.96. The average molecular weight is 384 g/mol. The first-order valence-corrected chi connectivity index (χ1v) is 10.2. The molecule has 0 aliphatic carbocycles. The van der Waals surface area contributed by atoms with Gasteiger partial charge in [-0.25, -0.2) is 0 Å². The van der Waals surface area contributed by atoms with E-state index in [2.05, 4.69) is 90.6 Å². The fourth-order valence-corrected chi connectivity index (χ4v) is 4.25. The third-order valence-corrected chi connectivity index (χ3v) is 5.62. The summed E-state index contributed by atoms with van der Waals surface area (Å²) in [4.78, 5) is 2.24. The Balaban J connectivity index is 2.06. The van der Waals surface area contributed by atoms with Crippen LogP contribution in [-0.2, 0) is 6.54 Å². The second-order valence-corrected chi connectivity index (χ2v) is 7.18. The van der Waals surface area contributed by atoms with Crippen LogP contribution < -0.4 is 9.47 Å². The molecular formula is C26H27N2O+. The summed E-state index contributed by atoms with van der Waals surface area (Å²) in [5.41, 5.74) is 5.24. The van der Waals surface area contributed by atoms with Crippen LogP contribution in [0.4, 0.5) is 5.69 Å². The maximum atomic E-state index is 11.0. The molecule has 0 spiro atoms. The number of phenolic OH excluding ortho intramolecular Hbond substituents is 1. The highest BCUT2D eigenvalue weighted by Gasteiger charge is 2.22. The summed E-state index contributed by atoms with van der Waals surface area (Å²) < 4.78 is 2.28. The van der Waals surface area contributed by atoms with E-state index in [1.807, 2.05) is 12.1 Å². The van der Waals surface area contributed by atoms with Crippen molar-refractivity contribution in [1.29, 1.82) is 0 Å². The van der Waals surface area contributed by atoms with Gasteiger partial charge < -0.3 is 10.0 Å². The zero-order chi connectivity index (χ0) is 20.4. The first-order valence-electron chi connectivity index (χ1n) is 10.2. The largest absolute Gasteiger partial charge is 0.507 e. The summed E-state index contributed by atoms with van der Waals surface area (Å²) >= 11 is 0. The number of hydrogen-bond acceptors (Lipinski definition) is 2. The third-order valence-electron chi connectivity index (χ3n) is 5.62. The molecule has 0 saturated heterocycles. The Labute approximate surface area is 172 Å². The quantitative estimate of drug-likeness (QED) is 0.263. The number of pyridine rings is 1. The maximum Gasteiger partial charge on any atom is 0.213 e. The van der Waals surface area contributed by atoms with Gasteiger partial charge in [0.15, 0.2) is 6.54 Å². The molecule has 0 bridgehead atoms. The van der Waals surface area contributed by atoms with Gasteiger partial charge in [-0.05, 0) is 44.2 Å². The van der Waals surface area contributed by atoms with Gasteiger partial charge in [0.2, 0.25) is 11.0 Å². The van der Waals surface area contributed by atoms with Gasteiger partial charge >= 0.3 is 0 Å². The smallest absolute Gasteiger partial charge is 0.213 e. The lowest BCUT2D eigenvalue weighted by Crippen LogP contribution is -2.34. The van der Waals surface area contributed by atoms with Crippen LogP contribution in [0.3, 0.4) is 0 Å².